The van der Waals surface area contributed by atoms with Crippen LogP contribution in [-0.2, 0) is 0 Å². The molecular weight excluding hydrogens is 268 g/mol. The molecule has 0 bridgehead atoms. The van der Waals surface area contributed by atoms with Gasteiger partial charge >= 0.3 is 0 Å². The summed E-state index contributed by atoms with van der Waals surface area (Å²) in [7, 11) is 0. The highest BCUT2D eigenvalue weighted by molar-refractivity contribution is 4.78. The molecule has 0 spiro atoms. The van der Waals surface area contributed by atoms with Gasteiger partial charge in [0.15, 0.2) is 0 Å². The van der Waals surface area contributed by atoms with E-state index in [1.54, 1.807) is 0 Å². The Morgan fingerprint density at radius 2 is 1.50 bits per heavy atom. The lowest BCUT2D eigenvalue weighted by Crippen LogP contribution is -2.26. The zero-order valence-electron chi connectivity index (χ0n) is 15.9. The smallest absolute Gasteiger partial charge is 0.0619 e. The van der Waals surface area contributed by atoms with Crippen molar-refractivity contribution in [1.29, 1.82) is 0 Å². The van der Waals surface area contributed by atoms with Crippen molar-refractivity contribution in [3.63, 3.8) is 0 Å². The highest BCUT2D eigenvalue weighted by Gasteiger charge is 2.25. The number of hydrogen-bond donors (Lipinski definition) is 1. The Morgan fingerprint density at radius 3 is 2.05 bits per heavy atom. The van der Waals surface area contributed by atoms with Crippen molar-refractivity contribution < 1.29 is 5.11 Å². The average Bonchev–Trinajstić information content (AvgIpc) is 2.46. The first-order valence-corrected chi connectivity index (χ1v) is 10.2. The zero-order valence-corrected chi connectivity index (χ0v) is 15.9. The maximum atomic E-state index is 10.6. The normalized spacial score (nSPS) is 25.4. The van der Waals surface area contributed by atoms with Gasteiger partial charge in [0.1, 0.15) is 0 Å². The highest BCUT2D eigenvalue weighted by Crippen LogP contribution is 2.35. The monoisotopic (exact) mass is 310 g/mol. The van der Waals surface area contributed by atoms with Gasteiger partial charge in [0, 0.05) is 0 Å². The molecule has 1 N–H and O–H groups in total. The van der Waals surface area contributed by atoms with Crippen LogP contribution in [0, 0.1) is 17.8 Å². The molecule has 132 valence electrons. The lowest BCUT2D eigenvalue weighted by molar-refractivity contribution is 0.0295. The largest absolute Gasteiger partial charge is 0.390 e. The van der Waals surface area contributed by atoms with Crippen LogP contribution in [0.25, 0.3) is 0 Å². The molecule has 0 amide bonds. The number of rotatable bonds is 11. The van der Waals surface area contributed by atoms with Gasteiger partial charge in [-0.25, -0.2) is 0 Å². The van der Waals surface area contributed by atoms with E-state index < -0.39 is 5.60 Å². The van der Waals surface area contributed by atoms with Crippen LogP contribution in [0.1, 0.15) is 111 Å². The van der Waals surface area contributed by atoms with Crippen molar-refractivity contribution >= 4 is 0 Å². The molecule has 1 heteroatoms. The summed E-state index contributed by atoms with van der Waals surface area (Å²) in [6, 6.07) is 0. The second-order valence-corrected chi connectivity index (χ2v) is 8.70. The Balaban J connectivity index is 2.12. The number of aliphatic hydroxyl groups is 1. The number of hydrogen-bond acceptors (Lipinski definition) is 1. The maximum Gasteiger partial charge on any atom is 0.0619 e. The van der Waals surface area contributed by atoms with Gasteiger partial charge in [-0.05, 0) is 43.9 Å². The van der Waals surface area contributed by atoms with Crippen LogP contribution in [0.4, 0.5) is 0 Å². The van der Waals surface area contributed by atoms with Gasteiger partial charge in [0.05, 0.1) is 5.60 Å². The van der Waals surface area contributed by atoms with E-state index in [1.807, 2.05) is 0 Å². The summed E-state index contributed by atoms with van der Waals surface area (Å²) >= 11 is 0. The lowest BCUT2D eigenvalue weighted by Gasteiger charge is -2.31. The molecule has 1 aliphatic carbocycles. The first-order chi connectivity index (χ1) is 10.4. The molecule has 1 aliphatic rings. The molecule has 1 rings (SSSR count). The minimum Gasteiger partial charge on any atom is -0.390 e. The second-order valence-electron chi connectivity index (χ2n) is 8.70. The molecule has 1 fully saturated rings. The fourth-order valence-electron chi connectivity index (χ4n) is 4.02. The molecule has 22 heavy (non-hydrogen) atoms. The van der Waals surface area contributed by atoms with Crippen LogP contribution < -0.4 is 0 Å². The second kappa shape index (κ2) is 10.7. The van der Waals surface area contributed by atoms with Crippen LogP contribution >= 0.6 is 0 Å². The molecule has 0 aliphatic heterocycles. The summed E-state index contributed by atoms with van der Waals surface area (Å²) in [5, 5.41) is 10.6. The first kappa shape index (κ1) is 20.0. The molecule has 0 saturated heterocycles. The topological polar surface area (TPSA) is 20.2 Å². The van der Waals surface area contributed by atoms with Crippen molar-refractivity contribution in [3.05, 3.63) is 0 Å². The Kier molecular flexibility index (Phi) is 9.71. The Morgan fingerprint density at radius 1 is 0.909 bits per heavy atom. The SMILES string of the molecule is CCCCCC1CCC(CCC(C)(O)CCCC(C)C)CC1. The zero-order chi connectivity index (χ0) is 16.4. The van der Waals surface area contributed by atoms with Gasteiger partial charge in [-0.2, -0.15) is 0 Å². The fraction of sp³-hybridized carbons (Fsp3) is 1.00. The highest BCUT2D eigenvalue weighted by atomic mass is 16.3. The molecule has 0 aromatic carbocycles. The average molecular weight is 311 g/mol. The molecule has 1 atom stereocenters. The summed E-state index contributed by atoms with van der Waals surface area (Å²) in [5.41, 5.74) is -0.424. The van der Waals surface area contributed by atoms with Crippen LogP contribution in [0.15, 0.2) is 0 Å². The first-order valence-electron chi connectivity index (χ1n) is 10.2. The molecule has 1 unspecified atom stereocenters. The predicted octanol–water partition coefficient (Wildman–Crippen LogP) is 6.73. The van der Waals surface area contributed by atoms with Crippen LogP contribution in [0.5, 0.6) is 0 Å². The molecular formula is C21H42O. The van der Waals surface area contributed by atoms with Gasteiger partial charge in [-0.1, -0.05) is 85.0 Å². The Labute approximate surface area is 140 Å². The van der Waals surface area contributed by atoms with E-state index >= 15 is 0 Å². The van der Waals surface area contributed by atoms with E-state index in [4.69, 9.17) is 0 Å². The fourth-order valence-corrected chi connectivity index (χ4v) is 4.02. The van der Waals surface area contributed by atoms with Crippen LogP contribution in [-0.4, -0.2) is 10.7 Å². The third-order valence-electron chi connectivity index (χ3n) is 5.77. The van der Waals surface area contributed by atoms with Gasteiger partial charge in [0.2, 0.25) is 0 Å². The minimum atomic E-state index is -0.424. The summed E-state index contributed by atoms with van der Waals surface area (Å²) < 4.78 is 0. The van der Waals surface area contributed by atoms with E-state index in [0.717, 1.165) is 30.6 Å². The van der Waals surface area contributed by atoms with Gasteiger partial charge < -0.3 is 5.11 Å². The summed E-state index contributed by atoms with van der Waals surface area (Å²) in [4.78, 5) is 0. The van der Waals surface area contributed by atoms with Crippen LogP contribution in [0.3, 0.4) is 0 Å². The van der Waals surface area contributed by atoms with Crippen molar-refractivity contribution in [2.45, 2.75) is 117 Å². The van der Waals surface area contributed by atoms with Gasteiger partial charge in [-0.3, -0.25) is 0 Å². The standard InChI is InChI=1S/C21H42O/c1-5-6-7-10-19-11-13-20(14-12-19)15-17-21(4,22)16-8-9-18(2)3/h18-20,22H,5-17H2,1-4H3. The van der Waals surface area contributed by atoms with Crippen molar-refractivity contribution in [3.8, 4) is 0 Å². The van der Waals surface area contributed by atoms with E-state index in [2.05, 4.69) is 27.7 Å². The summed E-state index contributed by atoms with van der Waals surface area (Å²) in [6.45, 7) is 8.90. The molecule has 0 aromatic heterocycles. The van der Waals surface area contributed by atoms with E-state index in [1.165, 1.54) is 70.6 Å². The van der Waals surface area contributed by atoms with Gasteiger partial charge in [-0.15, -0.1) is 0 Å². The lowest BCUT2D eigenvalue weighted by atomic mass is 9.76. The van der Waals surface area contributed by atoms with Crippen molar-refractivity contribution in [2.24, 2.45) is 17.8 Å². The summed E-state index contributed by atoms with van der Waals surface area (Å²) in [5.74, 6) is 2.66. The molecule has 0 aromatic rings. The Bertz CT molecular complexity index is 261. The van der Waals surface area contributed by atoms with Gasteiger partial charge in [0.25, 0.3) is 0 Å². The minimum absolute atomic E-state index is 0.424. The molecule has 1 nitrogen and oxygen atoms in total. The maximum absolute atomic E-state index is 10.6. The van der Waals surface area contributed by atoms with Crippen molar-refractivity contribution in [2.75, 3.05) is 0 Å². The molecule has 0 heterocycles. The quantitative estimate of drug-likeness (QED) is 0.419. The molecule has 0 radical (unpaired) electrons. The van der Waals surface area contributed by atoms with Crippen molar-refractivity contribution in [1.82, 2.24) is 0 Å². The number of unbranched alkanes of at least 4 members (excludes halogenated alkanes) is 2. The third-order valence-corrected chi connectivity index (χ3v) is 5.77. The third kappa shape index (κ3) is 9.18. The van der Waals surface area contributed by atoms with E-state index in [9.17, 15) is 5.11 Å². The molecule has 1 saturated carbocycles. The Hall–Kier alpha value is -0.0400. The predicted molar refractivity (Wildman–Crippen MR) is 98.1 cm³/mol. The van der Waals surface area contributed by atoms with E-state index in [0.29, 0.717) is 0 Å². The summed E-state index contributed by atoms with van der Waals surface area (Å²) in [6.07, 6.45) is 17.1. The van der Waals surface area contributed by atoms with E-state index in [-0.39, 0.29) is 0 Å². The van der Waals surface area contributed by atoms with Crippen LogP contribution in [0.2, 0.25) is 0 Å².